The second-order valence-electron chi connectivity index (χ2n) is 5.97. The second kappa shape index (κ2) is 7.39. The number of carbonyl (C=O) groups excluding carboxylic acids is 1. The smallest absolute Gasteiger partial charge is 0.242 e. The van der Waals surface area contributed by atoms with Crippen LogP contribution < -0.4 is 10.6 Å². The molecule has 0 unspecified atom stereocenters. The molecule has 2 aromatic rings. The Kier molecular flexibility index (Phi) is 5.05. The van der Waals surface area contributed by atoms with Crippen LogP contribution in [0, 0.1) is 13.8 Å². The molecule has 3 heterocycles. The predicted octanol–water partition coefficient (Wildman–Crippen LogP) is 0.676. The molecule has 0 radical (unpaired) electrons. The number of rotatable bonds is 5. The average Bonchev–Trinajstić information content (AvgIpc) is 2.87. The van der Waals surface area contributed by atoms with Crippen LogP contribution in [0.3, 0.4) is 0 Å². The van der Waals surface area contributed by atoms with Crippen molar-refractivity contribution in [2.45, 2.75) is 38.9 Å². The quantitative estimate of drug-likeness (QED) is 0.837. The Hall–Kier alpha value is -2.48. The number of ether oxygens (including phenoxy) is 1. The average molecular weight is 330 g/mol. The van der Waals surface area contributed by atoms with Crippen molar-refractivity contribution in [2.75, 3.05) is 18.5 Å². The van der Waals surface area contributed by atoms with Gasteiger partial charge >= 0.3 is 0 Å². The van der Waals surface area contributed by atoms with E-state index in [1.807, 2.05) is 19.9 Å². The fourth-order valence-electron chi connectivity index (χ4n) is 2.84. The molecule has 2 aromatic heterocycles. The molecular formula is C16H22N6O2. The van der Waals surface area contributed by atoms with Crippen LogP contribution in [0.4, 0.5) is 5.82 Å². The molecule has 0 saturated carbocycles. The van der Waals surface area contributed by atoms with Gasteiger partial charge in [-0.15, -0.1) is 0 Å². The molecule has 3 rings (SSSR count). The van der Waals surface area contributed by atoms with Crippen LogP contribution in [-0.4, -0.2) is 51.0 Å². The minimum absolute atomic E-state index is 0.0156. The summed E-state index contributed by atoms with van der Waals surface area (Å²) in [6.07, 6.45) is 3.92. The lowest BCUT2D eigenvalue weighted by Gasteiger charge is -2.33. The van der Waals surface area contributed by atoms with Crippen LogP contribution in [0.25, 0.3) is 0 Å². The van der Waals surface area contributed by atoms with Gasteiger partial charge in [-0.1, -0.05) is 0 Å². The molecule has 0 aromatic carbocycles. The van der Waals surface area contributed by atoms with Gasteiger partial charge in [0.15, 0.2) is 0 Å². The molecule has 1 aliphatic rings. The van der Waals surface area contributed by atoms with Crippen molar-refractivity contribution < 1.29 is 9.53 Å². The highest BCUT2D eigenvalue weighted by molar-refractivity contribution is 5.76. The van der Waals surface area contributed by atoms with E-state index in [0.717, 1.165) is 23.6 Å². The van der Waals surface area contributed by atoms with Gasteiger partial charge in [0.2, 0.25) is 5.91 Å². The zero-order chi connectivity index (χ0) is 16.9. The molecule has 8 heteroatoms. The van der Waals surface area contributed by atoms with Gasteiger partial charge in [0.1, 0.15) is 18.7 Å². The minimum atomic E-state index is -0.0532. The Morgan fingerprint density at radius 2 is 2.29 bits per heavy atom. The second-order valence-corrected chi connectivity index (χ2v) is 5.97. The maximum atomic E-state index is 12.4. The number of anilines is 1. The van der Waals surface area contributed by atoms with Gasteiger partial charge in [0.05, 0.1) is 24.4 Å². The normalized spacial score (nSPS) is 20.6. The number of hydrogen-bond acceptors (Lipinski definition) is 6. The molecule has 0 spiro atoms. The number of aryl methyl sites for hydroxylation is 2. The summed E-state index contributed by atoms with van der Waals surface area (Å²) < 4.78 is 7.25. The number of aromatic nitrogens is 4. The molecule has 24 heavy (non-hydrogen) atoms. The highest BCUT2D eigenvalue weighted by Crippen LogP contribution is 2.13. The fourth-order valence-corrected chi connectivity index (χ4v) is 2.84. The van der Waals surface area contributed by atoms with Gasteiger partial charge in [0, 0.05) is 18.5 Å². The van der Waals surface area contributed by atoms with Crippen LogP contribution in [-0.2, 0) is 16.1 Å². The lowest BCUT2D eigenvalue weighted by atomic mass is 10.0. The summed E-state index contributed by atoms with van der Waals surface area (Å²) in [5.74, 6) is 0.667. The summed E-state index contributed by atoms with van der Waals surface area (Å²) in [7, 11) is 0. The Balaban J connectivity index is 1.61. The van der Waals surface area contributed by atoms with E-state index in [0.29, 0.717) is 13.2 Å². The predicted molar refractivity (Wildman–Crippen MR) is 88.5 cm³/mol. The van der Waals surface area contributed by atoms with Gasteiger partial charge in [-0.2, -0.15) is 5.10 Å². The molecule has 1 aliphatic heterocycles. The van der Waals surface area contributed by atoms with Gasteiger partial charge in [-0.3, -0.25) is 9.48 Å². The zero-order valence-corrected chi connectivity index (χ0v) is 13.9. The molecule has 1 fully saturated rings. The largest absolute Gasteiger partial charge is 0.379 e. The fraction of sp³-hybridized carbons (Fsp3) is 0.500. The minimum Gasteiger partial charge on any atom is -0.379 e. The van der Waals surface area contributed by atoms with Gasteiger partial charge in [0.25, 0.3) is 0 Å². The first-order chi connectivity index (χ1) is 11.6. The van der Waals surface area contributed by atoms with Crippen LogP contribution in [0.15, 0.2) is 24.7 Å². The maximum Gasteiger partial charge on any atom is 0.242 e. The standard InChI is InChI=1S/C16H22N6O2/c1-11-7-12(2)22(21-11)8-16(23)20-13-4-6-24-9-14(13)19-15-3-5-17-10-18-15/h3,5,7,10,13-14H,4,6,8-9H2,1-2H3,(H,20,23)(H,17,18,19)/t13-,14+/m0/s1. The SMILES string of the molecule is Cc1cc(C)n(CC(=O)N[C@H]2CCOC[C@H]2Nc2ccncn2)n1. The summed E-state index contributed by atoms with van der Waals surface area (Å²) >= 11 is 0. The third-order valence-corrected chi connectivity index (χ3v) is 4.01. The lowest BCUT2D eigenvalue weighted by Crippen LogP contribution is -2.53. The molecule has 0 aliphatic carbocycles. The van der Waals surface area contributed by atoms with Crippen LogP contribution >= 0.6 is 0 Å². The van der Waals surface area contributed by atoms with Crippen molar-refractivity contribution in [1.29, 1.82) is 0 Å². The summed E-state index contributed by atoms with van der Waals surface area (Å²) in [5.41, 5.74) is 1.89. The third kappa shape index (κ3) is 4.08. The van der Waals surface area contributed by atoms with Gasteiger partial charge < -0.3 is 15.4 Å². The summed E-state index contributed by atoms with van der Waals surface area (Å²) in [6.45, 7) is 5.24. The topological polar surface area (TPSA) is 94.0 Å². The number of nitrogens with one attached hydrogen (secondary N) is 2. The monoisotopic (exact) mass is 330 g/mol. The van der Waals surface area contributed by atoms with Crippen molar-refractivity contribution in [2.24, 2.45) is 0 Å². The van der Waals surface area contributed by atoms with E-state index >= 15 is 0 Å². The van der Waals surface area contributed by atoms with E-state index in [2.05, 4.69) is 25.7 Å². The summed E-state index contributed by atoms with van der Waals surface area (Å²) in [6, 6.07) is 3.71. The van der Waals surface area contributed by atoms with E-state index in [4.69, 9.17) is 4.74 Å². The van der Waals surface area contributed by atoms with Gasteiger partial charge in [-0.05, 0) is 32.4 Å². The van der Waals surface area contributed by atoms with Crippen LogP contribution in [0.5, 0.6) is 0 Å². The molecule has 1 amide bonds. The van der Waals surface area contributed by atoms with Crippen LogP contribution in [0.2, 0.25) is 0 Å². The first kappa shape index (κ1) is 16.4. The van der Waals surface area contributed by atoms with Gasteiger partial charge in [-0.25, -0.2) is 9.97 Å². The van der Waals surface area contributed by atoms with E-state index in [-0.39, 0.29) is 24.5 Å². The van der Waals surface area contributed by atoms with Crippen LogP contribution in [0.1, 0.15) is 17.8 Å². The molecule has 128 valence electrons. The lowest BCUT2D eigenvalue weighted by molar-refractivity contribution is -0.123. The Bertz CT molecular complexity index is 687. The number of nitrogens with zero attached hydrogens (tertiary/aromatic N) is 4. The number of hydrogen-bond donors (Lipinski definition) is 2. The summed E-state index contributed by atoms with van der Waals surface area (Å²) in [4.78, 5) is 20.4. The molecule has 8 nitrogen and oxygen atoms in total. The Morgan fingerprint density at radius 3 is 3.00 bits per heavy atom. The Labute approximate surface area is 140 Å². The molecule has 2 atom stereocenters. The summed E-state index contributed by atoms with van der Waals surface area (Å²) in [5, 5.41) is 10.7. The molecule has 0 bridgehead atoms. The van der Waals surface area contributed by atoms with Crippen molar-refractivity contribution in [3.8, 4) is 0 Å². The molecule has 1 saturated heterocycles. The van der Waals surface area contributed by atoms with Crippen molar-refractivity contribution in [3.05, 3.63) is 36.0 Å². The number of amides is 1. The number of carbonyl (C=O) groups is 1. The molecule has 2 N–H and O–H groups in total. The Morgan fingerprint density at radius 1 is 1.42 bits per heavy atom. The molecular weight excluding hydrogens is 308 g/mol. The van der Waals surface area contributed by atoms with E-state index < -0.39 is 0 Å². The van der Waals surface area contributed by atoms with E-state index in [1.54, 1.807) is 16.9 Å². The van der Waals surface area contributed by atoms with E-state index in [1.165, 1.54) is 6.33 Å². The zero-order valence-electron chi connectivity index (χ0n) is 13.9. The van der Waals surface area contributed by atoms with Crippen molar-refractivity contribution in [3.63, 3.8) is 0 Å². The highest BCUT2D eigenvalue weighted by Gasteiger charge is 2.27. The highest BCUT2D eigenvalue weighted by atomic mass is 16.5. The maximum absolute atomic E-state index is 12.4. The third-order valence-electron chi connectivity index (χ3n) is 4.01. The van der Waals surface area contributed by atoms with Crippen molar-refractivity contribution in [1.82, 2.24) is 25.1 Å². The van der Waals surface area contributed by atoms with E-state index in [9.17, 15) is 4.79 Å². The van der Waals surface area contributed by atoms with Crippen molar-refractivity contribution >= 4 is 11.7 Å². The first-order valence-corrected chi connectivity index (χ1v) is 8.02. The first-order valence-electron chi connectivity index (χ1n) is 8.02.